The van der Waals surface area contributed by atoms with Gasteiger partial charge in [-0.1, -0.05) is 55.0 Å². The summed E-state index contributed by atoms with van der Waals surface area (Å²) < 4.78 is 31.7. The van der Waals surface area contributed by atoms with E-state index >= 15 is 0 Å². The topological polar surface area (TPSA) is 102 Å². The molecule has 2 saturated heterocycles. The molecule has 1 saturated carbocycles. The number of rotatable bonds is 6. The summed E-state index contributed by atoms with van der Waals surface area (Å²) in [6.45, 7) is 3.75. The van der Waals surface area contributed by atoms with Crippen LogP contribution in [0.15, 0.2) is 60.7 Å². The van der Waals surface area contributed by atoms with Gasteiger partial charge in [-0.15, -0.1) is 0 Å². The number of likely N-dealkylation sites (tertiary alicyclic amines) is 1. The van der Waals surface area contributed by atoms with Crippen LogP contribution in [0.25, 0.3) is 0 Å². The Kier molecular flexibility index (Phi) is 8.48. The number of benzene rings is 2. The monoisotopic (exact) mass is 546 g/mol. The number of halogens is 3. The highest BCUT2D eigenvalue weighted by molar-refractivity contribution is 5.93. The van der Waals surface area contributed by atoms with Crippen LogP contribution in [0.3, 0.4) is 0 Å². The van der Waals surface area contributed by atoms with Crippen LogP contribution in [-0.2, 0) is 19.8 Å². The molecule has 2 heterocycles. The van der Waals surface area contributed by atoms with Gasteiger partial charge in [0.05, 0.1) is 12.1 Å². The average molecular weight is 547 g/mol. The van der Waals surface area contributed by atoms with Crippen molar-refractivity contribution in [2.75, 3.05) is 37.7 Å². The number of aliphatic carboxylic acids is 1. The Morgan fingerprint density at radius 1 is 0.949 bits per heavy atom. The van der Waals surface area contributed by atoms with Gasteiger partial charge in [-0.25, -0.2) is 4.79 Å². The van der Waals surface area contributed by atoms with Gasteiger partial charge in [-0.05, 0) is 43.4 Å². The Hall–Kier alpha value is -3.60. The van der Waals surface area contributed by atoms with Crippen molar-refractivity contribution in [2.24, 2.45) is 0 Å². The molecule has 0 atom stereocenters. The van der Waals surface area contributed by atoms with Crippen molar-refractivity contribution in [3.8, 4) is 0 Å². The van der Waals surface area contributed by atoms with Crippen LogP contribution in [0.1, 0.15) is 37.7 Å². The number of anilines is 1. The van der Waals surface area contributed by atoms with Gasteiger partial charge in [0.15, 0.2) is 0 Å². The maximum Gasteiger partial charge on any atom is 0.490 e. The summed E-state index contributed by atoms with van der Waals surface area (Å²) in [6.07, 6.45) is -0.513. The lowest BCUT2D eigenvalue weighted by molar-refractivity contribution is -0.192. The number of carbonyl (C=O) groups is 3. The molecule has 8 nitrogen and oxygen atoms in total. The van der Waals surface area contributed by atoms with Gasteiger partial charge in [-0.3, -0.25) is 9.59 Å². The molecule has 3 fully saturated rings. The van der Waals surface area contributed by atoms with Crippen molar-refractivity contribution >= 4 is 23.5 Å². The van der Waals surface area contributed by atoms with Gasteiger partial charge >= 0.3 is 12.1 Å². The second-order valence-corrected chi connectivity index (χ2v) is 10.2. The number of carboxylic acid groups (broad SMARTS) is 1. The molecule has 2 aliphatic heterocycles. The molecule has 3 N–H and O–H groups in total. The second-order valence-electron chi connectivity index (χ2n) is 10.2. The molecule has 11 heteroatoms. The van der Waals surface area contributed by atoms with Gasteiger partial charge in [0.1, 0.15) is 5.54 Å². The van der Waals surface area contributed by atoms with Crippen molar-refractivity contribution in [3.05, 3.63) is 66.2 Å². The lowest BCUT2D eigenvalue weighted by atomic mass is 9.64. The number of carbonyl (C=O) groups excluding carboxylic acids is 2. The van der Waals surface area contributed by atoms with Crippen molar-refractivity contribution in [1.82, 2.24) is 15.5 Å². The minimum Gasteiger partial charge on any atom is -0.475 e. The van der Waals surface area contributed by atoms with Crippen LogP contribution in [0, 0.1) is 0 Å². The molecule has 210 valence electrons. The summed E-state index contributed by atoms with van der Waals surface area (Å²) in [6, 6.07) is 20.4. The van der Waals surface area contributed by atoms with Crippen molar-refractivity contribution in [2.45, 2.75) is 49.2 Å². The Bertz CT molecular complexity index is 1150. The highest BCUT2D eigenvalue weighted by Crippen LogP contribution is 2.44. The van der Waals surface area contributed by atoms with Gasteiger partial charge < -0.3 is 25.5 Å². The summed E-state index contributed by atoms with van der Waals surface area (Å²) in [7, 11) is 0. The number of nitrogens with one attached hydrogen (secondary N) is 2. The predicted molar refractivity (Wildman–Crippen MR) is 139 cm³/mol. The third-order valence-corrected chi connectivity index (χ3v) is 8.01. The Balaban J connectivity index is 0.000000448. The Labute approximate surface area is 225 Å². The quantitative estimate of drug-likeness (QED) is 0.514. The number of hydrogen-bond acceptors (Lipinski definition) is 5. The van der Waals surface area contributed by atoms with Crippen LogP contribution in [0.4, 0.5) is 18.9 Å². The molecule has 1 spiro atoms. The Morgan fingerprint density at radius 2 is 1.51 bits per heavy atom. The Morgan fingerprint density at radius 3 is 2.03 bits per heavy atom. The summed E-state index contributed by atoms with van der Waals surface area (Å²) in [5.41, 5.74) is 1.44. The molecule has 3 aliphatic rings. The zero-order valence-corrected chi connectivity index (χ0v) is 21.5. The third kappa shape index (κ3) is 6.03. The maximum atomic E-state index is 13.0. The number of piperidine rings is 1. The van der Waals surface area contributed by atoms with Crippen LogP contribution in [0.2, 0.25) is 0 Å². The number of para-hydroxylation sites is 1. The summed E-state index contributed by atoms with van der Waals surface area (Å²) in [5.74, 6) is -2.45. The SMILES string of the molecule is O=C(NCCN1CCC2(CC1)C(=O)NCN2c1ccccc1)C1(c2ccccc2)CCC1.O=C(O)C(F)(F)F. The summed E-state index contributed by atoms with van der Waals surface area (Å²) >= 11 is 0. The normalized spacial score (nSPS) is 19.9. The number of hydrogen-bond donors (Lipinski definition) is 3. The van der Waals surface area contributed by atoms with Crippen molar-refractivity contribution in [3.63, 3.8) is 0 Å². The number of alkyl halides is 3. The fourth-order valence-electron chi connectivity index (χ4n) is 5.61. The van der Waals surface area contributed by atoms with E-state index < -0.39 is 17.7 Å². The molecule has 0 aromatic heterocycles. The predicted octanol–water partition coefficient (Wildman–Crippen LogP) is 3.29. The minimum atomic E-state index is -5.08. The number of amides is 2. The van der Waals surface area contributed by atoms with E-state index in [0.717, 1.165) is 63.0 Å². The van der Waals surface area contributed by atoms with Crippen LogP contribution >= 0.6 is 0 Å². The molecular formula is C28H33F3N4O4. The molecular weight excluding hydrogens is 513 g/mol. The first-order valence-electron chi connectivity index (χ1n) is 13.1. The van der Waals surface area contributed by atoms with Crippen molar-refractivity contribution in [1.29, 1.82) is 0 Å². The molecule has 0 radical (unpaired) electrons. The van der Waals surface area contributed by atoms with E-state index in [0.29, 0.717) is 13.2 Å². The van der Waals surface area contributed by atoms with E-state index in [1.165, 1.54) is 0 Å². The zero-order valence-electron chi connectivity index (χ0n) is 21.5. The lowest BCUT2D eigenvalue weighted by Crippen LogP contribution is -2.57. The lowest BCUT2D eigenvalue weighted by Gasteiger charge is -2.43. The summed E-state index contributed by atoms with van der Waals surface area (Å²) in [4.78, 5) is 39.3. The molecule has 1 aliphatic carbocycles. The molecule has 2 amide bonds. The van der Waals surface area contributed by atoms with E-state index in [-0.39, 0.29) is 17.2 Å². The van der Waals surface area contributed by atoms with E-state index in [2.05, 4.69) is 44.7 Å². The van der Waals surface area contributed by atoms with Crippen LogP contribution in [-0.4, -0.2) is 72.4 Å². The number of carboxylic acids is 1. The second kappa shape index (κ2) is 11.6. The first-order valence-corrected chi connectivity index (χ1v) is 13.1. The molecule has 0 unspecified atom stereocenters. The maximum absolute atomic E-state index is 13.0. The van der Waals surface area contributed by atoms with Gasteiger partial charge in [0.2, 0.25) is 11.8 Å². The fourth-order valence-corrected chi connectivity index (χ4v) is 5.61. The van der Waals surface area contributed by atoms with Crippen LogP contribution in [0.5, 0.6) is 0 Å². The highest BCUT2D eigenvalue weighted by Gasteiger charge is 2.50. The third-order valence-electron chi connectivity index (χ3n) is 8.01. The molecule has 0 bridgehead atoms. The van der Waals surface area contributed by atoms with E-state index in [1.807, 2.05) is 36.4 Å². The molecule has 2 aromatic carbocycles. The first-order chi connectivity index (χ1) is 18.6. The minimum absolute atomic E-state index is 0.143. The van der Waals surface area contributed by atoms with Gasteiger partial charge in [0.25, 0.3) is 0 Å². The number of nitrogens with zero attached hydrogens (tertiary/aromatic N) is 2. The average Bonchev–Trinajstić information content (AvgIpc) is 3.21. The highest BCUT2D eigenvalue weighted by atomic mass is 19.4. The van der Waals surface area contributed by atoms with Gasteiger partial charge in [0, 0.05) is 31.9 Å². The van der Waals surface area contributed by atoms with Crippen molar-refractivity contribution < 1.29 is 32.7 Å². The first kappa shape index (κ1) is 28.4. The van der Waals surface area contributed by atoms with E-state index in [1.54, 1.807) is 0 Å². The zero-order chi connectivity index (χ0) is 28.1. The van der Waals surface area contributed by atoms with E-state index in [4.69, 9.17) is 9.90 Å². The molecule has 2 aromatic rings. The largest absolute Gasteiger partial charge is 0.490 e. The van der Waals surface area contributed by atoms with Crippen LogP contribution < -0.4 is 15.5 Å². The fraction of sp³-hybridized carbons (Fsp3) is 0.464. The van der Waals surface area contributed by atoms with Gasteiger partial charge in [-0.2, -0.15) is 13.2 Å². The smallest absolute Gasteiger partial charge is 0.475 e. The molecule has 39 heavy (non-hydrogen) atoms. The summed E-state index contributed by atoms with van der Waals surface area (Å²) in [5, 5.41) is 13.4. The van der Waals surface area contributed by atoms with E-state index in [9.17, 15) is 22.8 Å². The standard InChI is InChI=1S/C26H32N4O2.C2HF3O2/c31-23(25(12-7-13-25)21-8-3-1-4-9-21)27-16-19-29-17-14-26(15-18-29)24(32)28-20-30(26)22-10-5-2-6-11-22;3-2(4,5)1(6)7/h1-6,8-11H,7,12-20H2,(H,27,31)(H,28,32);(H,6,7). The molecule has 5 rings (SSSR count).